The molecule has 0 spiro atoms. The summed E-state index contributed by atoms with van der Waals surface area (Å²) >= 11 is 3.49. The number of rotatable bonds is 7. The predicted octanol–water partition coefficient (Wildman–Crippen LogP) is 4.97. The van der Waals surface area contributed by atoms with Crippen LogP contribution in [-0.2, 0) is 16.6 Å². The number of alkyl halides is 3. The van der Waals surface area contributed by atoms with Gasteiger partial charge in [0.05, 0.1) is 15.6 Å². The smallest absolute Gasteiger partial charge is 0.406 e. The number of piperidine rings is 1. The van der Waals surface area contributed by atoms with E-state index in [2.05, 4.69) is 36.1 Å². The minimum atomic E-state index is -4.91. The molecule has 1 aromatic carbocycles. The maximum absolute atomic E-state index is 13.1. The van der Waals surface area contributed by atoms with Crippen molar-refractivity contribution in [1.82, 2.24) is 23.9 Å². The standard InChI is InChI=1S/C24H22BrF3N6O3S/c25-20-15-31-34-22(30-14-16-3-2-8-29-13-16)12-21(32-23(20)34)17-6-9-33(10-7-17)38(35,36)19-5-1-4-18(11-19)37-24(26,27)28/h1-5,8,11-13,15,17,30H,6-7,9-10,14H2. The van der Waals surface area contributed by atoms with Crippen molar-refractivity contribution in [3.63, 3.8) is 0 Å². The Bertz CT molecular complexity index is 1540. The fourth-order valence-electron chi connectivity index (χ4n) is 4.36. The van der Waals surface area contributed by atoms with E-state index in [4.69, 9.17) is 4.98 Å². The van der Waals surface area contributed by atoms with Crippen molar-refractivity contribution in [2.45, 2.75) is 36.6 Å². The zero-order valence-electron chi connectivity index (χ0n) is 19.8. The summed E-state index contributed by atoms with van der Waals surface area (Å²) in [7, 11) is -4.00. The third kappa shape index (κ3) is 5.76. The van der Waals surface area contributed by atoms with Crippen LogP contribution in [0.25, 0.3) is 5.65 Å². The molecule has 1 fully saturated rings. The minimum absolute atomic E-state index is 0.0212. The molecular formula is C24H22BrF3N6O3S. The summed E-state index contributed by atoms with van der Waals surface area (Å²) in [5.74, 6) is 0.131. The zero-order valence-corrected chi connectivity index (χ0v) is 22.2. The highest BCUT2D eigenvalue weighted by atomic mass is 79.9. The monoisotopic (exact) mass is 610 g/mol. The lowest BCUT2D eigenvalue weighted by molar-refractivity contribution is -0.274. The Morgan fingerprint density at radius 3 is 2.61 bits per heavy atom. The summed E-state index contributed by atoms with van der Waals surface area (Å²) < 4.78 is 71.7. The molecule has 0 saturated carbocycles. The molecule has 38 heavy (non-hydrogen) atoms. The van der Waals surface area contributed by atoms with Gasteiger partial charge in [-0.1, -0.05) is 12.1 Å². The van der Waals surface area contributed by atoms with E-state index in [1.165, 1.54) is 16.4 Å². The number of nitrogens with one attached hydrogen (secondary N) is 1. The zero-order chi connectivity index (χ0) is 26.9. The number of halogens is 4. The van der Waals surface area contributed by atoms with Gasteiger partial charge in [0.15, 0.2) is 5.65 Å². The molecule has 0 bridgehead atoms. The number of nitrogens with zero attached hydrogens (tertiary/aromatic N) is 5. The normalized spacial score (nSPS) is 15.6. The van der Waals surface area contributed by atoms with Crippen LogP contribution in [0.5, 0.6) is 5.75 Å². The van der Waals surface area contributed by atoms with Gasteiger partial charge in [-0.2, -0.15) is 13.9 Å². The topological polar surface area (TPSA) is 102 Å². The Kier molecular flexibility index (Phi) is 7.29. The Hall–Kier alpha value is -3.23. The van der Waals surface area contributed by atoms with E-state index >= 15 is 0 Å². The van der Waals surface area contributed by atoms with Gasteiger partial charge in [-0.3, -0.25) is 4.98 Å². The molecule has 0 radical (unpaired) electrons. The predicted molar refractivity (Wildman–Crippen MR) is 136 cm³/mol. The Labute approximate surface area is 224 Å². The van der Waals surface area contributed by atoms with Crippen LogP contribution in [0.3, 0.4) is 0 Å². The van der Waals surface area contributed by atoms with Gasteiger partial charge in [0.25, 0.3) is 0 Å². The molecule has 4 heterocycles. The van der Waals surface area contributed by atoms with Crippen molar-refractivity contribution in [3.05, 3.63) is 76.8 Å². The van der Waals surface area contributed by atoms with Gasteiger partial charge in [-0.05, 0) is 52.5 Å². The third-order valence-corrected chi connectivity index (χ3v) is 8.65. The lowest BCUT2D eigenvalue weighted by Crippen LogP contribution is -2.38. The van der Waals surface area contributed by atoms with Crippen LogP contribution in [-0.4, -0.2) is 51.8 Å². The molecule has 1 aliphatic rings. The van der Waals surface area contributed by atoms with E-state index in [1.54, 1.807) is 23.1 Å². The average molecular weight is 611 g/mol. The van der Waals surface area contributed by atoms with Gasteiger partial charge in [0, 0.05) is 55.8 Å². The fraction of sp³-hybridized carbons (Fsp3) is 0.292. The second-order valence-corrected chi connectivity index (χ2v) is 11.5. The van der Waals surface area contributed by atoms with Gasteiger partial charge in [0.1, 0.15) is 11.6 Å². The molecule has 0 aliphatic carbocycles. The van der Waals surface area contributed by atoms with E-state index in [0.29, 0.717) is 25.0 Å². The van der Waals surface area contributed by atoms with Crippen molar-refractivity contribution in [2.24, 2.45) is 0 Å². The van der Waals surface area contributed by atoms with Crippen molar-refractivity contribution in [3.8, 4) is 5.75 Å². The van der Waals surface area contributed by atoms with E-state index in [0.717, 1.165) is 33.7 Å². The first-order valence-corrected chi connectivity index (χ1v) is 13.9. The van der Waals surface area contributed by atoms with Crippen LogP contribution in [0, 0.1) is 0 Å². The van der Waals surface area contributed by atoms with Crippen LogP contribution in [0.4, 0.5) is 19.0 Å². The summed E-state index contributed by atoms with van der Waals surface area (Å²) in [6.07, 6.45) is 1.21. The molecule has 1 N–H and O–H groups in total. The lowest BCUT2D eigenvalue weighted by Gasteiger charge is -2.31. The summed E-state index contributed by atoms with van der Waals surface area (Å²) in [5, 5.41) is 7.76. The molecule has 0 unspecified atom stereocenters. The SMILES string of the molecule is O=S(=O)(c1cccc(OC(F)(F)F)c1)N1CCC(c2cc(NCc3cccnc3)n3ncc(Br)c3n2)CC1. The van der Waals surface area contributed by atoms with Gasteiger partial charge in [0.2, 0.25) is 10.0 Å². The van der Waals surface area contributed by atoms with Crippen molar-refractivity contribution >= 4 is 37.4 Å². The largest absolute Gasteiger partial charge is 0.573 e. The summed E-state index contributed by atoms with van der Waals surface area (Å²) in [5.41, 5.74) is 2.42. The molecule has 4 aromatic rings. The number of hydrogen-bond donors (Lipinski definition) is 1. The molecule has 0 atom stereocenters. The van der Waals surface area contributed by atoms with Crippen LogP contribution in [0.1, 0.15) is 30.0 Å². The molecule has 14 heteroatoms. The minimum Gasteiger partial charge on any atom is -0.406 e. The molecule has 9 nitrogen and oxygen atoms in total. The molecule has 1 saturated heterocycles. The summed E-state index contributed by atoms with van der Waals surface area (Å²) in [6, 6.07) is 10.2. The molecule has 1 aliphatic heterocycles. The van der Waals surface area contributed by atoms with E-state index < -0.39 is 22.1 Å². The number of pyridine rings is 1. The lowest BCUT2D eigenvalue weighted by atomic mass is 9.94. The Morgan fingerprint density at radius 2 is 1.89 bits per heavy atom. The highest BCUT2D eigenvalue weighted by molar-refractivity contribution is 9.10. The van der Waals surface area contributed by atoms with Gasteiger partial charge >= 0.3 is 6.36 Å². The summed E-state index contributed by atoms with van der Waals surface area (Å²) in [4.78, 5) is 8.66. The molecule has 5 rings (SSSR count). The summed E-state index contributed by atoms with van der Waals surface area (Å²) in [6.45, 7) is 0.921. The molecule has 200 valence electrons. The Balaban J connectivity index is 1.33. The van der Waals surface area contributed by atoms with E-state index in [9.17, 15) is 21.6 Å². The first-order chi connectivity index (χ1) is 18.1. The maximum Gasteiger partial charge on any atom is 0.573 e. The highest BCUT2D eigenvalue weighted by Gasteiger charge is 2.34. The van der Waals surface area contributed by atoms with Gasteiger partial charge < -0.3 is 10.1 Å². The highest BCUT2D eigenvalue weighted by Crippen LogP contribution is 2.33. The first-order valence-electron chi connectivity index (χ1n) is 11.6. The average Bonchev–Trinajstić information content (AvgIpc) is 3.28. The number of aromatic nitrogens is 4. The van der Waals surface area contributed by atoms with Crippen LogP contribution in [0.2, 0.25) is 0 Å². The molecule has 3 aromatic heterocycles. The second kappa shape index (κ2) is 10.5. The third-order valence-electron chi connectivity index (χ3n) is 6.19. The van der Waals surface area contributed by atoms with Gasteiger partial charge in [-0.15, -0.1) is 13.2 Å². The number of hydrogen-bond acceptors (Lipinski definition) is 7. The number of benzene rings is 1. The molecule has 0 amide bonds. The number of anilines is 1. The van der Waals surface area contributed by atoms with Crippen molar-refractivity contribution < 1.29 is 26.3 Å². The molecular weight excluding hydrogens is 589 g/mol. The van der Waals surface area contributed by atoms with E-state index in [1.807, 2.05) is 18.2 Å². The maximum atomic E-state index is 13.1. The number of sulfonamides is 1. The first kappa shape index (κ1) is 26.4. The van der Waals surface area contributed by atoms with Gasteiger partial charge in [-0.25, -0.2) is 13.4 Å². The fourth-order valence-corrected chi connectivity index (χ4v) is 6.21. The Morgan fingerprint density at radius 1 is 1.11 bits per heavy atom. The van der Waals surface area contributed by atoms with E-state index in [-0.39, 0.29) is 23.9 Å². The quantitative estimate of drug-likeness (QED) is 0.315. The van der Waals surface area contributed by atoms with Crippen molar-refractivity contribution in [2.75, 3.05) is 18.4 Å². The number of fused-ring (bicyclic) bond motifs is 1. The van der Waals surface area contributed by atoms with Crippen LogP contribution < -0.4 is 10.1 Å². The van der Waals surface area contributed by atoms with Crippen LogP contribution in [0.15, 0.2) is 70.4 Å². The second-order valence-electron chi connectivity index (χ2n) is 8.71. The van der Waals surface area contributed by atoms with Crippen molar-refractivity contribution in [1.29, 1.82) is 0 Å². The number of ether oxygens (including phenoxy) is 1. The van der Waals surface area contributed by atoms with Crippen LogP contribution >= 0.6 is 15.9 Å².